The summed E-state index contributed by atoms with van der Waals surface area (Å²) in [5.41, 5.74) is 3.27. The van der Waals surface area contributed by atoms with Crippen LogP contribution in [0.1, 0.15) is 50.5 Å². The number of hydrogen-bond acceptors (Lipinski definition) is 6. The van der Waals surface area contributed by atoms with Gasteiger partial charge in [0.2, 0.25) is 0 Å². The number of rotatable bonds is 11. The number of ether oxygens (including phenoxy) is 3. The molecule has 0 radical (unpaired) electrons. The van der Waals surface area contributed by atoms with Crippen molar-refractivity contribution < 1.29 is 14.2 Å². The van der Waals surface area contributed by atoms with E-state index >= 15 is 0 Å². The van der Waals surface area contributed by atoms with E-state index in [1.165, 1.54) is 32.2 Å². The average molecular weight is 502 g/mol. The Morgan fingerprint density at radius 3 is 2.46 bits per heavy atom. The van der Waals surface area contributed by atoms with E-state index in [0.29, 0.717) is 12.6 Å². The summed E-state index contributed by atoms with van der Waals surface area (Å²) in [5.74, 6) is 2.49. The SMILES string of the molecule is COc1ccc(N(Cc2cccnc2)c2ccc(OCCC3CCCN3C)cc2)cc1OC1CCCC1. The summed E-state index contributed by atoms with van der Waals surface area (Å²) in [6, 6.07) is 19.4. The normalized spacial score (nSPS) is 18.2. The number of aromatic nitrogens is 1. The summed E-state index contributed by atoms with van der Waals surface area (Å²) in [6.45, 7) is 2.64. The largest absolute Gasteiger partial charge is 0.494 e. The van der Waals surface area contributed by atoms with Gasteiger partial charge in [-0.25, -0.2) is 0 Å². The summed E-state index contributed by atoms with van der Waals surface area (Å²) in [5, 5.41) is 0. The van der Waals surface area contributed by atoms with Gasteiger partial charge in [-0.15, -0.1) is 0 Å². The van der Waals surface area contributed by atoms with Gasteiger partial charge in [0.25, 0.3) is 0 Å². The summed E-state index contributed by atoms with van der Waals surface area (Å²) >= 11 is 0. The minimum atomic E-state index is 0.261. The first-order chi connectivity index (χ1) is 18.2. The molecule has 1 unspecified atom stereocenters. The van der Waals surface area contributed by atoms with Crippen LogP contribution in [0.5, 0.6) is 17.2 Å². The minimum absolute atomic E-state index is 0.261. The molecule has 2 heterocycles. The molecule has 1 atom stereocenters. The zero-order valence-corrected chi connectivity index (χ0v) is 22.1. The van der Waals surface area contributed by atoms with E-state index in [1.807, 2.05) is 24.5 Å². The quantitative estimate of drug-likeness (QED) is 0.295. The van der Waals surface area contributed by atoms with Crippen molar-refractivity contribution in [2.24, 2.45) is 0 Å². The van der Waals surface area contributed by atoms with Crippen molar-refractivity contribution in [3.05, 3.63) is 72.6 Å². The first-order valence-corrected chi connectivity index (χ1v) is 13.6. The third kappa shape index (κ3) is 6.55. The fourth-order valence-corrected chi connectivity index (χ4v) is 5.50. The molecule has 1 saturated carbocycles. The fourth-order valence-electron chi connectivity index (χ4n) is 5.50. The van der Waals surface area contributed by atoms with E-state index < -0.39 is 0 Å². The number of hydrogen-bond donors (Lipinski definition) is 0. The molecule has 0 bridgehead atoms. The second kappa shape index (κ2) is 12.3. The number of benzene rings is 2. The van der Waals surface area contributed by atoms with Crippen LogP contribution in [0, 0.1) is 0 Å². The Bertz CT molecular complexity index is 1120. The molecule has 0 spiro atoms. The lowest BCUT2D eigenvalue weighted by atomic mass is 10.1. The summed E-state index contributed by atoms with van der Waals surface area (Å²) in [4.78, 5) is 9.06. The highest BCUT2D eigenvalue weighted by Gasteiger charge is 2.21. The minimum Gasteiger partial charge on any atom is -0.494 e. The van der Waals surface area contributed by atoms with Crippen LogP contribution in [0.4, 0.5) is 11.4 Å². The average Bonchev–Trinajstić information content (AvgIpc) is 3.60. The Labute approximate surface area is 221 Å². The molecule has 0 N–H and O–H groups in total. The molecule has 2 aromatic carbocycles. The number of nitrogens with zero attached hydrogens (tertiary/aromatic N) is 3. The highest BCUT2D eigenvalue weighted by atomic mass is 16.5. The zero-order chi connectivity index (χ0) is 25.5. The lowest BCUT2D eigenvalue weighted by Gasteiger charge is -2.27. The maximum Gasteiger partial charge on any atom is 0.163 e. The van der Waals surface area contributed by atoms with Crippen LogP contribution in [-0.2, 0) is 6.54 Å². The van der Waals surface area contributed by atoms with Gasteiger partial charge in [-0.05, 0) is 107 Å². The second-order valence-electron chi connectivity index (χ2n) is 10.2. The smallest absolute Gasteiger partial charge is 0.163 e. The van der Waals surface area contributed by atoms with Crippen molar-refractivity contribution in [2.45, 2.75) is 63.6 Å². The summed E-state index contributed by atoms with van der Waals surface area (Å²) in [6.07, 6.45) is 12.3. The predicted molar refractivity (Wildman–Crippen MR) is 148 cm³/mol. The van der Waals surface area contributed by atoms with Gasteiger partial charge in [0.1, 0.15) is 5.75 Å². The molecule has 1 aromatic heterocycles. The monoisotopic (exact) mass is 501 g/mol. The van der Waals surface area contributed by atoms with Gasteiger partial charge < -0.3 is 24.0 Å². The Kier molecular flexibility index (Phi) is 8.46. The van der Waals surface area contributed by atoms with Gasteiger partial charge in [0.15, 0.2) is 11.5 Å². The summed E-state index contributed by atoms with van der Waals surface area (Å²) < 4.78 is 18.1. The highest BCUT2D eigenvalue weighted by Crippen LogP contribution is 2.38. The summed E-state index contributed by atoms with van der Waals surface area (Å²) in [7, 11) is 3.92. The molecule has 2 fully saturated rings. The zero-order valence-electron chi connectivity index (χ0n) is 22.1. The first kappa shape index (κ1) is 25.4. The molecular weight excluding hydrogens is 462 g/mol. The van der Waals surface area contributed by atoms with Gasteiger partial charge >= 0.3 is 0 Å². The van der Waals surface area contributed by atoms with Crippen LogP contribution in [0.15, 0.2) is 67.0 Å². The van der Waals surface area contributed by atoms with Crippen molar-refractivity contribution in [1.29, 1.82) is 0 Å². The maximum atomic E-state index is 6.40. The van der Waals surface area contributed by atoms with Crippen LogP contribution in [0.3, 0.4) is 0 Å². The van der Waals surface area contributed by atoms with Gasteiger partial charge in [0.05, 0.1) is 19.8 Å². The third-order valence-corrected chi connectivity index (χ3v) is 7.66. The predicted octanol–water partition coefficient (Wildman–Crippen LogP) is 6.61. The molecule has 3 aromatic rings. The van der Waals surface area contributed by atoms with Crippen molar-refractivity contribution in [3.8, 4) is 17.2 Å². The van der Waals surface area contributed by atoms with Crippen LogP contribution in [0.2, 0.25) is 0 Å². The third-order valence-electron chi connectivity index (χ3n) is 7.66. The number of pyridine rings is 1. The molecule has 196 valence electrons. The van der Waals surface area contributed by atoms with E-state index in [-0.39, 0.29) is 6.10 Å². The number of likely N-dealkylation sites (tertiary alicyclic amines) is 1. The molecule has 6 nitrogen and oxygen atoms in total. The van der Waals surface area contributed by atoms with Crippen molar-refractivity contribution >= 4 is 11.4 Å². The van der Waals surface area contributed by atoms with Gasteiger partial charge in [-0.3, -0.25) is 4.98 Å². The molecule has 1 saturated heterocycles. The fraction of sp³-hybridized carbons (Fsp3) is 0.452. The second-order valence-corrected chi connectivity index (χ2v) is 10.2. The molecule has 6 heteroatoms. The van der Waals surface area contributed by atoms with Crippen molar-refractivity contribution in [3.63, 3.8) is 0 Å². The number of methoxy groups -OCH3 is 1. The highest BCUT2D eigenvalue weighted by molar-refractivity contribution is 5.67. The Morgan fingerprint density at radius 1 is 0.946 bits per heavy atom. The van der Waals surface area contributed by atoms with Crippen LogP contribution in [-0.4, -0.2) is 49.3 Å². The van der Waals surface area contributed by atoms with E-state index in [2.05, 4.69) is 64.3 Å². The molecule has 0 amide bonds. The lowest BCUT2D eigenvalue weighted by molar-refractivity contribution is 0.201. The van der Waals surface area contributed by atoms with Crippen molar-refractivity contribution in [1.82, 2.24) is 9.88 Å². The molecule has 2 aliphatic rings. The van der Waals surface area contributed by atoms with E-state index in [9.17, 15) is 0 Å². The van der Waals surface area contributed by atoms with Crippen LogP contribution < -0.4 is 19.1 Å². The van der Waals surface area contributed by atoms with Crippen molar-refractivity contribution in [2.75, 3.05) is 32.2 Å². The van der Waals surface area contributed by atoms with E-state index in [0.717, 1.165) is 60.1 Å². The van der Waals surface area contributed by atoms with Crippen LogP contribution >= 0.6 is 0 Å². The Hall–Kier alpha value is -3.25. The molecule has 5 rings (SSSR count). The first-order valence-electron chi connectivity index (χ1n) is 13.6. The maximum absolute atomic E-state index is 6.40. The number of anilines is 2. The van der Waals surface area contributed by atoms with Gasteiger partial charge in [0, 0.05) is 42.4 Å². The molecular formula is C31H39N3O3. The van der Waals surface area contributed by atoms with Gasteiger partial charge in [-0.1, -0.05) is 6.07 Å². The topological polar surface area (TPSA) is 47.1 Å². The standard InChI is InChI=1S/C31H39N3O3/c1-33-19-6-8-25(33)17-20-36-28-14-11-26(12-15-28)34(23-24-7-5-18-32-22-24)27-13-16-30(35-2)31(21-27)37-29-9-3-4-10-29/h5,7,11-16,18,21-22,25,29H,3-4,6,8-10,17,19-20,23H2,1-2H3. The van der Waals surface area contributed by atoms with E-state index in [4.69, 9.17) is 14.2 Å². The Balaban J connectivity index is 1.35. The Morgan fingerprint density at radius 2 is 1.76 bits per heavy atom. The molecule has 1 aliphatic heterocycles. The lowest BCUT2D eigenvalue weighted by Crippen LogP contribution is -2.26. The molecule has 1 aliphatic carbocycles. The molecule has 37 heavy (non-hydrogen) atoms. The van der Waals surface area contributed by atoms with E-state index in [1.54, 1.807) is 7.11 Å². The van der Waals surface area contributed by atoms with Gasteiger partial charge in [-0.2, -0.15) is 0 Å². The van der Waals surface area contributed by atoms with Crippen LogP contribution in [0.25, 0.3) is 0 Å².